The average molecular weight is 425 g/mol. The second-order valence-electron chi connectivity index (χ2n) is 6.40. The summed E-state index contributed by atoms with van der Waals surface area (Å²) in [6.45, 7) is 0. The van der Waals surface area contributed by atoms with Crippen molar-refractivity contribution < 1.29 is 31.5 Å². The van der Waals surface area contributed by atoms with Crippen LogP contribution in [0, 0.1) is 29.1 Å². The Morgan fingerprint density at radius 1 is 1.03 bits per heavy atom. The zero-order chi connectivity index (χ0) is 22.0. The van der Waals surface area contributed by atoms with Gasteiger partial charge in [-0.3, -0.25) is 4.79 Å². The lowest BCUT2D eigenvalue weighted by Crippen LogP contribution is -2.33. The van der Waals surface area contributed by atoms with Crippen molar-refractivity contribution in [3.8, 4) is 5.75 Å². The van der Waals surface area contributed by atoms with Crippen LogP contribution in [-0.4, -0.2) is 22.6 Å². The van der Waals surface area contributed by atoms with Crippen LogP contribution in [0.3, 0.4) is 0 Å². The van der Waals surface area contributed by atoms with Crippen molar-refractivity contribution in [2.75, 3.05) is 7.11 Å². The van der Waals surface area contributed by atoms with E-state index in [2.05, 4.69) is 10.3 Å². The van der Waals surface area contributed by atoms with Crippen LogP contribution in [0.1, 0.15) is 23.0 Å². The summed E-state index contributed by atoms with van der Waals surface area (Å²) in [5.41, 5.74) is -0.645. The number of amides is 1. The summed E-state index contributed by atoms with van der Waals surface area (Å²) in [6, 6.07) is 5.74. The van der Waals surface area contributed by atoms with Gasteiger partial charge in [-0.05, 0) is 17.7 Å². The van der Waals surface area contributed by atoms with Gasteiger partial charge in [-0.25, -0.2) is 26.9 Å². The number of halogens is 5. The Morgan fingerprint density at radius 2 is 1.60 bits per heavy atom. The van der Waals surface area contributed by atoms with Gasteiger partial charge in [-0.1, -0.05) is 12.1 Å². The molecule has 1 heterocycles. The number of aryl methyl sites for hydroxylation is 1. The van der Waals surface area contributed by atoms with Crippen LogP contribution in [-0.2, 0) is 18.3 Å². The van der Waals surface area contributed by atoms with E-state index in [0.29, 0.717) is 17.1 Å². The molecule has 3 rings (SSSR count). The van der Waals surface area contributed by atoms with E-state index in [9.17, 15) is 26.7 Å². The summed E-state index contributed by atoms with van der Waals surface area (Å²) >= 11 is 0. The summed E-state index contributed by atoms with van der Waals surface area (Å²) in [5.74, 6) is -10.6. The Labute approximate surface area is 168 Å². The van der Waals surface area contributed by atoms with Gasteiger partial charge in [0.2, 0.25) is 11.7 Å². The molecule has 0 radical (unpaired) electrons. The van der Waals surface area contributed by atoms with Gasteiger partial charge in [-0.2, -0.15) is 0 Å². The first-order chi connectivity index (χ1) is 14.2. The second-order valence-corrected chi connectivity index (χ2v) is 6.40. The monoisotopic (exact) mass is 425 g/mol. The standard InChI is InChI=1S/C20H16F5N3O2/c1-28-8-7-26-20(28)19(10-3-5-11(30-2)6-4-10)27-13(29)9-12-14(21)16(23)18(25)17(24)15(12)22/h3-8,19H,9H2,1-2H3,(H,27,29). The van der Waals surface area contributed by atoms with Gasteiger partial charge in [0.25, 0.3) is 0 Å². The van der Waals surface area contributed by atoms with E-state index in [1.54, 1.807) is 42.1 Å². The first-order valence-corrected chi connectivity index (χ1v) is 8.65. The van der Waals surface area contributed by atoms with E-state index >= 15 is 0 Å². The molecule has 10 heteroatoms. The highest BCUT2D eigenvalue weighted by molar-refractivity contribution is 5.79. The largest absolute Gasteiger partial charge is 0.497 e. The zero-order valence-electron chi connectivity index (χ0n) is 15.8. The third-order valence-corrected chi connectivity index (χ3v) is 4.51. The lowest BCUT2D eigenvalue weighted by molar-refractivity contribution is -0.121. The maximum absolute atomic E-state index is 13.9. The van der Waals surface area contributed by atoms with Crippen molar-refractivity contribution in [1.82, 2.24) is 14.9 Å². The minimum atomic E-state index is -2.28. The number of rotatable bonds is 6. The van der Waals surface area contributed by atoms with Crippen LogP contribution in [0.2, 0.25) is 0 Å². The Balaban J connectivity index is 1.92. The van der Waals surface area contributed by atoms with E-state index in [0.717, 1.165) is 0 Å². The van der Waals surface area contributed by atoms with Gasteiger partial charge in [0.1, 0.15) is 17.6 Å². The highest BCUT2D eigenvalue weighted by Crippen LogP contribution is 2.25. The van der Waals surface area contributed by atoms with Crippen molar-refractivity contribution in [2.24, 2.45) is 7.05 Å². The van der Waals surface area contributed by atoms with Gasteiger partial charge >= 0.3 is 0 Å². The fourth-order valence-electron chi connectivity index (χ4n) is 2.93. The highest BCUT2D eigenvalue weighted by Gasteiger charge is 2.28. The summed E-state index contributed by atoms with van der Waals surface area (Å²) < 4.78 is 74.6. The summed E-state index contributed by atoms with van der Waals surface area (Å²) in [7, 11) is 3.16. The Bertz CT molecular complexity index is 1050. The van der Waals surface area contributed by atoms with Crippen LogP contribution >= 0.6 is 0 Å². The summed E-state index contributed by atoms with van der Waals surface area (Å²) in [4.78, 5) is 16.7. The molecule has 1 N–H and O–H groups in total. The van der Waals surface area contributed by atoms with Crippen molar-refractivity contribution >= 4 is 5.91 Å². The second kappa shape index (κ2) is 8.52. The van der Waals surface area contributed by atoms with Gasteiger partial charge in [0.15, 0.2) is 23.3 Å². The maximum Gasteiger partial charge on any atom is 0.225 e. The molecular formula is C20H16F5N3O2. The molecule has 0 spiro atoms. The van der Waals surface area contributed by atoms with Crippen molar-refractivity contribution in [3.63, 3.8) is 0 Å². The average Bonchev–Trinajstić information content (AvgIpc) is 3.18. The number of benzene rings is 2. The number of hydrogen-bond donors (Lipinski definition) is 1. The van der Waals surface area contributed by atoms with E-state index in [1.165, 1.54) is 13.3 Å². The van der Waals surface area contributed by atoms with Crippen molar-refractivity contribution in [2.45, 2.75) is 12.5 Å². The Hall–Kier alpha value is -3.43. The van der Waals surface area contributed by atoms with Crippen LogP contribution < -0.4 is 10.1 Å². The number of imidazole rings is 1. The lowest BCUT2D eigenvalue weighted by Gasteiger charge is -2.20. The SMILES string of the molecule is COc1ccc(C(NC(=O)Cc2c(F)c(F)c(F)c(F)c2F)c2nccn2C)cc1. The molecule has 1 unspecified atom stereocenters. The summed E-state index contributed by atoms with van der Waals surface area (Å²) in [6.07, 6.45) is 2.06. The van der Waals surface area contributed by atoms with Crippen LogP contribution in [0.4, 0.5) is 22.0 Å². The fourth-order valence-corrected chi connectivity index (χ4v) is 2.93. The molecule has 0 fully saturated rings. The van der Waals surface area contributed by atoms with Crippen LogP contribution in [0.5, 0.6) is 5.75 Å². The molecule has 0 saturated heterocycles. The zero-order valence-corrected chi connectivity index (χ0v) is 15.8. The summed E-state index contributed by atoms with van der Waals surface area (Å²) in [5, 5.41) is 2.54. The third kappa shape index (κ3) is 3.98. The van der Waals surface area contributed by atoms with Gasteiger partial charge in [0.05, 0.1) is 13.5 Å². The van der Waals surface area contributed by atoms with E-state index in [4.69, 9.17) is 4.74 Å². The molecular weight excluding hydrogens is 409 g/mol. The molecule has 1 aromatic heterocycles. The molecule has 1 amide bonds. The van der Waals surface area contributed by atoms with E-state index in [1.807, 2.05) is 0 Å². The van der Waals surface area contributed by atoms with E-state index < -0.39 is 53.0 Å². The first-order valence-electron chi connectivity index (χ1n) is 8.65. The minimum Gasteiger partial charge on any atom is -0.497 e. The number of hydrogen-bond acceptors (Lipinski definition) is 3. The molecule has 0 saturated carbocycles. The number of ether oxygens (including phenoxy) is 1. The van der Waals surface area contributed by atoms with Crippen LogP contribution in [0.25, 0.3) is 0 Å². The van der Waals surface area contributed by atoms with Gasteiger partial charge < -0.3 is 14.6 Å². The Morgan fingerprint density at radius 3 is 2.10 bits per heavy atom. The highest BCUT2D eigenvalue weighted by atomic mass is 19.2. The number of aromatic nitrogens is 2. The smallest absolute Gasteiger partial charge is 0.225 e. The molecule has 3 aromatic rings. The Kier molecular flexibility index (Phi) is 6.04. The molecule has 2 aromatic carbocycles. The lowest BCUT2D eigenvalue weighted by atomic mass is 10.0. The molecule has 158 valence electrons. The molecule has 1 atom stereocenters. The molecule has 5 nitrogen and oxygen atoms in total. The topological polar surface area (TPSA) is 56.1 Å². The molecule has 0 bridgehead atoms. The van der Waals surface area contributed by atoms with E-state index in [-0.39, 0.29) is 0 Å². The normalized spacial score (nSPS) is 12.0. The van der Waals surface area contributed by atoms with Gasteiger partial charge in [0, 0.05) is 25.0 Å². The fraction of sp³-hybridized carbons (Fsp3) is 0.200. The van der Waals surface area contributed by atoms with Crippen molar-refractivity contribution in [1.29, 1.82) is 0 Å². The maximum atomic E-state index is 13.9. The molecule has 30 heavy (non-hydrogen) atoms. The van der Waals surface area contributed by atoms with Crippen molar-refractivity contribution in [3.05, 3.63) is 82.7 Å². The minimum absolute atomic E-state index is 0.394. The molecule has 0 aliphatic carbocycles. The predicted molar refractivity (Wildman–Crippen MR) is 96.1 cm³/mol. The predicted octanol–water partition coefficient (Wildman–Crippen LogP) is 3.57. The molecule has 0 aliphatic rings. The van der Waals surface area contributed by atoms with Gasteiger partial charge in [-0.15, -0.1) is 0 Å². The number of carbonyl (C=O) groups is 1. The quantitative estimate of drug-likeness (QED) is 0.373. The molecule has 0 aliphatic heterocycles. The third-order valence-electron chi connectivity index (χ3n) is 4.51. The first kappa shape index (κ1) is 21.3. The number of nitrogens with one attached hydrogen (secondary N) is 1. The number of carbonyl (C=O) groups excluding carboxylic acids is 1. The number of methoxy groups -OCH3 is 1. The van der Waals surface area contributed by atoms with Crippen LogP contribution in [0.15, 0.2) is 36.7 Å². The number of nitrogens with zero attached hydrogens (tertiary/aromatic N) is 2.